The highest BCUT2D eigenvalue weighted by atomic mass is 19.1. The Morgan fingerprint density at radius 3 is 2.55 bits per heavy atom. The van der Waals surface area contributed by atoms with Crippen LogP contribution in [0.2, 0.25) is 0 Å². The van der Waals surface area contributed by atoms with Crippen molar-refractivity contribution in [2.75, 3.05) is 24.5 Å². The molecule has 170 valence electrons. The summed E-state index contributed by atoms with van der Waals surface area (Å²) in [5.74, 6) is -0.520. The first kappa shape index (κ1) is 21.3. The predicted octanol–water partition coefficient (Wildman–Crippen LogP) is 4.35. The topological polar surface area (TPSA) is 58.6 Å². The van der Waals surface area contributed by atoms with Gasteiger partial charge >= 0.3 is 0 Å². The summed E-state index contributed by atoms with van der Waals surface area (Å²) in [5, 5.41) is 0. The maximum atomic E-state index is 13.9. The molecule has 3 heterocycles. The number of hydrogen-bond donors (Lipinski definition) is 0. The van der Waals surface area contributed by atoms with Gasteiger partial charge in [0.1, 0.15) is 18.0 Å². The van der Waals surface area contributed by atoms with Crippen molar-refractivity contribution in [1.82, 2.24) is 14.9 Å². The Labute approximate surface area is 190 Å². The van der Waals surface area contributed by atoms with Crippen molar-refractivity contribution in [2.24, 2.45) is 5.92 Å². The van der Waals surface area contributed by atoms with Crippen LogP contribution in [0.5, 0.6) is 11.6 Å². The van der Waals surface area contributed by atoms with E-state index in [4.69, 9.17) is 4.74 Å². The quantitative estimate of drug-likeness (QED) is 0.592. The van der Waals surface area contributed by atoms with Gasteiger partial charge in [0, 0.05) is 44.2 Å². The van der Waals surface area contributed by atoms with E-state index in [0.717, 1.165) is 37.9 Å². The van der Waals surface area contributed by atoms with Crippen molar-refractivity contribution in [3.63, 3.8) is 0 Å². The van der Waals surface area contributed by atoms with Crippen LogP contribution in [-0.4, -0.2) is 40.4 Å². The molecular formula is C25H24F2N4O2. The molecule has 0 radical (unpaired) electrons. The van der Waals surface area contributed by atoms with Crippen molar-refractivity contribution < 1.29 is 18.3 Å². The molecule has 2 aliphatic rings. The summed E-state index contributed by atoms with van der Waals surface area (Å²) in [5.41, 5.74) is 2.57. The zero-order valence-corrected chi connectivity index (χ0v) is 18.1. The second-order valence-electron chi connectivity index (χ2n) is 8.43. The lowest BCUT2D eigenvalue weighted by Gasteiger charge is -2.36. The molecule has 0 bridgehead atoms. The van der Waals surface area contributed by atoms with Crippen LogP contribution in [0.3, 0.4) is 0 Å². The van der Waals surface area contributed by atoms with Gasteiger partial charge in [-0.2, -0.15) is 0 Å². The van der Waals surface area contributed by atoms with Crippen molar-refractivity contribution in [1.29, 1.82) is 0 Å². The fraction of sp³-hybridized carbons (Fsp3) is 0.320. The molecule has 0 N–H and O–H groups in total. The van der Waals surface area contributed by atoms with E-state index in [2.05, 4.69) is 27.0 Å². The van der Waals surface area contributed by atoms with E-state index in [9.17, 15) is 13.6 Å². The summed E-state index contributed by atoms with van der Waals surface area (Å²) < 4.78 is 32.5. The van der Waals surface area contributed by atoms with Crippen molar-refractivity contribution >= 4 is 11.7 Å². The molecule has 1 fully saturated rings. The first-order valence-corrected chi connectivity index (χ1v) is 11.1. The number of anilines is 1. The number of carbonyl (C=O) groups is 1. The number of halogens is 2. The average Bonchev–Trinajstić information content (AvgIpc) is 2.85. The number of carbonyl (C=O) groups excluding carboxylic acids is 1. The lowest BCUT2D eigenvalue weighted by Crippen LogP contribution is -2.44. The monoisotopic (exact) mass is 450 g/mol. The van der Waals surface area contributed by atoms with Gasteiger partial charge in [0.15, 0.2) is 11.6 Å². The van der Waals surface area contributed by atoms with Gasteiger partial charge in [-0.05, 0) is 42.5 Å². The summed E-state index contributed by atoms with van der Waals surface area (Å²) in [4.78, 5) is 25.5. The van der Waals surface area contributed by atoms with Crippen molar-refractivity contribution in [3.8, 4) is 11.6 Å². The number of nitrogens with zero attached hydrogens (tertiary/aromatic N) is 4. The molecule has 6 nitrogen and oxygen atoms in total. The van der Waals surface area contributed by atoms with Gasteiger partial charge in [0.05, 0.1) is 0 Å². The molecule has 2 aliphatic heterocycles. The third kappa shape index (κ3) is 4.65. The molecule has 0 spiro atoms. The zero-order chi connectivity index (χ0) is 22.8. The highest BCUT2D eigenvalue weighted by molar-refractivity contribution is 5.79. The van der Waals surface area contributed by atoms with E-state index in [0.29, 0.717) is 25.5 Å². The number of rotatable bonds is 4. The summed E-state index contributed by atoms with van der Waals surface area (Å²) >= 11 is 0. The summed E-state index contributed by atoms with van der Waals surface area (Å²) in [6.45, 7) is 2.81. The lowest BCUT2D eigenvalue weighted by molar-refractivity contribution is -0.137. The largest absolute Gasteiger partial charge is 0.436 e. The lowest BCUT2D eigenvalue weighted by atomic mass is 9.93. The van der Waals surface area contributed by atoms with E-state index >= 15 is 0 Å². The van der Waals surface area contributed by atoms with Gasteiger partial charge in [-0.1, -0.05) is 24.3 Å². The van der Waals surface area contributed by atoms with Crippen LogP contribution in [0.15, 0.2) is 54.9 Å². The Hall–Kier alpha value is -3.55. The first-order valence-electron chi connectivity index (χ1n) is 11.1. The Bertz CT molecular complexity index is 1160. The SMILES string of the molecule is O=C(C1CCN(c2cc(Oc3ccc(F)cc3F)ncn2)CC1)N1CCc2ccccc2C1. The first-order chi connectivity index (χ1) is 16.1. The van der Waals surface area contributed by atoms with E-state index in [-0.39, 0.29) is 23.5 Å². The normalized spacial score (nSPS) is 16.4. The van der Waals surface area contributed by atoms with Crippen molar-refractivity contribution in [3.05, 3.63) is 77.6 Å². The highest BCUT2D eigenvalue weighted by Gasteiger charge is 2.30. The average molecular weight is 450 g/mol. The number of piperidine rings is 1. The Kier molecular flexibility index (Phi) is 5.90. The van der Waals surface area contributed by atoms with E-state index in [1.165, 1.54) is 23.5 Å². The smallest absolute Gasteiger partial charge is 0.226 e. The highest BCUT2D eigenvalue weighted by Crippen LogP contribution is 2.29. The minimum Gasteiger partial charge on any atom is -0.436 e. The molecule has 0 aliphatic carbocycles. The van der Waals surface area contributed by atoms with Gasteiger partial charge in [0.2, 0.25) is 11.8 Å². The Balaban J connectivity index is 1.20. The standard InChI is InChI=1S/C25H24F2N4O2/c26-20-5-6-22(21(27)13-20)33-24-14-23(28-16-29-24)30-10-8-18(9-11-30)25(32)31-12-7-17-3-1-2-4-19(17)15-31/h1-6,13-14,16,18H,7-12,15H2. The molecule has 3 aromatic rings. The van der Waals surface area contributed by atoms with Crippen LogP contribution in [0.1, 0.15) is 24.0 Å². The van der Waals surface area contributed by atoms with Crippen LogP contribution in [0, 0.1) is 17.6 Å². The zero-order valence-electron chi connectivity index (χ0n) is 18.1. The number of fused-ring (bicyclic) bond motifs is 1. The van der Waals surface area contributed by atoms with Gasteiger partial charge < -0.3 is 14.5 Å². The van der Waals surface area contributed by atoms with Crippen molar-refractivity contribution in [2.45, 2.75) is 25.8 Å². The summed E-state index contributed by atoms with van der Waals surface area (Å²) in [6.07, 6.45) is 3.74. The van der Waals surface area contributed by atoms with Crippen LogP contribution in [0.25, 0.3) is 0 Å². The molecule has 5 rings (SSSR count). The van der Waals surface area contributed by atoms with Crippen LogP contribution < -0.4 is 9.64 Å². The Morgan fingerprint density at radius 1 is 0.970 bits per heavy atom. The van der Waals surface area contributed by atoms with Gasteiger partial charge in [-0.15, -0.1) is 0 Å². The maximum Gasteiger partial charge on any atom is 0.226 e. The van der Waals surface area contributed by atoms with Gasteiger partial charge in [-0.25, -0.2) is 18.7 Å². The molecule has 2 aromatic carbocycles. The van der Waals surface area contributed by atoms with Crippen LogP contribution in [-0.2, 0) is 17.8 Å². The number of amides is 1. The molecule has 1 saturated heterocycles. The third-order valence-corrected chi connectivity index (χ3v) is 6.35. The van der Waals surface area contributed by atoms with Gasteiger partial charge in [-0.3, -0.25) is 4.79 Å². The maximum absolute atomic E-state index is 13.9. The van der Waals surface area contributed by atoms with E-state index in [1.807, 2.05) is 17.0 Å². The second-order valence-corrected chi connectivity index (χ2v) is 8.43. The number of hydrogen-bond acceptors (Lipinski definition) is 5. The third-order valence-electron chi connectivity index (χ3n) is 6.35. The van der Waals surface area contributed by atoms with Crippen LogP contribution >= 0.6 is 0 Å². The molecule has 1 amide bonds. The van der Waals surface area contributed by atoms with E-state index < -0.39 is 11.6 Å². The molecule has 0 saturated carbocycles. The molecular weight excluding hydrogens is 426 g/mol. The molecule has 0 atom stereocenters. The fourth-order valence-electron chi connectivity index (χ4n) is 4.53. The summed E-state index contributed by atoms with van der Waals surface area (Å²) in [7, 11) is 0. The summed E-state index contributed by atoms with van der Waals surface area (Å²) in [6, 6.07) is 13.1. The Morgan fingerprint density at radius 2 is 1.76 bits per heavy atom. The van der Waals surface area contributed by atoms with E-state index in [1.54, 1.807) is 6.07 Å². The number of benzene rings is 2. The molecule has 8 heteroatoms. The minimum absolute atomic E-state index is 0.00243. The second kappa shape index (κ2) is 9.13. The van der Waals surface area contributed by atoms with Crippen LogP contribution in [0.4, 0.5) is 14.6 Å². The number of ether oxygens (including phenoxy) is 1. The fourth-order valence-corrected chi connectivity index (χ4v) is 4.53. The molecule has 33 heavy (non-hydrogen) atoms. The van der Waals surface area contributed by atoms with Gasteiger partial charge in [0.25, 0.3) is 0 Å². The predicted molar refractivity (Wildman–Crippen MR) is 119 cm³/mol. The molecule has 1 aromatic heterocycles. The molecule has 0 unspecified atom stereocenters. The number of aromatic nitrogens is 2. The minimum atomic E-state index is -0.796.